The standard InChI is InChI=1S/C18H28N2O4/c1-17(2,3)23-15(21)12-8-9-13(14(19)10-12)11-20(7)16(22)24-18(4,5)6/h8-10H,11,19H2,1-7H3. The molecule has 0 aliphatic heterocycles. The molecule has 6 heteroatoms. The predicted molar refractivity (Wildman–Crippen MR) is 93.7 cm³/mol. The summed E-state index contributed by atoms with van der Waals surface area (Å²) in [5, 5.41) is 0. The lowest BCUT2D eigenvalue weighted by atomic mass is 10.1. The smallest absolute Gasteiger partial charge is 0.410 e. The highest BCUT2D eigenvalue weighted by molar-refractivity contribution is 5.91. The highest BCUT2D eigenvalue weighted by Gasteiger charge is 2.21. The molecule has 2 N–H and O–H groups in total. The zero-order valence-electron chi connectivity index (χ0n) is 15.6. The molecule has 134 valence electrons. The average molecular weight is 336 g/mol. The highest BCUT2D eigenvalue weighted by Crippen LogP contribution is 2.20. The van der Waals surface area contributed by atoms with E-state index in [1.165, 1.54) is 4.90 Å². The molecule has 0 aromatic heterocycles. The van der Waals surface area contributed by atoms with Gasteiger partial charge in [-0.2, -0.15) is 0 Å². The van der Waals surface area contributed by atoms with Crippen molar-refractivity contribution >= 4 is 17.7 Å². The minimum absolute atomic E-state index is 0.287. The van der Waals surface area contributed by atoms with Crippen molar-refractivity contribution in [2.75, 3.05) is 12.8 Å². The minimum Gasteiger partial charge on any atom is -0.456 e. The molecule has 1 amide bonds. The lowest BCUT2D eigenvalue weighted by molar-refractivity contribution is 0.00687. The van der Waals surface area contributed by atoms with Crippen molar-refractivity contribution in [3.8, 4) is 0 Å². The number of ether oxygens (including phenoxy) is 2. The molecule has 0 bridgehead atoms. The third-order valence-corrected chi connectivity index (χ3v) is 2.89. The van der Waals surface area contributed by atoms with Crippen molar-refractivity contribution in [2.24, 2.45) is 0 Å². The number of carbonyl (C=O) groups excluding carboxylic acids is 2. The minimum atomic E-state index is -0.568. The normalized spacial score (nSPS) is 11.8. The van der Waals surface area contributed by atoms with Gasteiger partial charge in [0.15, 0.2) is 0 Å². The van der Waals surface area contributed by atoms with Crippen LogP contribution in [0.25, 0.3) is 0 Å². The van der Waals surface area contributed by atoms with Gasteiger partial charge in [0.05, 0.1) is 12.1 Å². The molecule has 0 saturated carbocycles. The van der Waals surface area contributed by atoms with E-state index >= 15 is 0 Å². The molecule has 0 aliphatic rings. The van der Waals surface area contributed by atoms with Crippen molar-refractivity contribution in [2.45, 2.75) is 59.3 Å². The molecule has 1 rings (SSSR count). The first kappa shape index (κ1) is 19.8. The quantitative estimate of drug-likeness (QED) is 0.674. The van der Waals surface area contributed by atoms with Gasteiger partial charge in [-0.05, 0) is 59.2 Å². The van der Waals surface area contributed by atoms with Gasteiger partial charge in [-0.25, -0.2) is 9.59 Å². The molecule has 0 heterocycles. The first-order valence-corrected chi connectivity index (χ1v) is 7.84. The third-order valence-electron chi connectivity index (χ3n) is 2.89. The van der Waals surface area contributed by atoms with Crippen LogP contribution in [0.2, 0.25) is 0 Å². The van der Waals surface area contributed by atoms with E-state index in [1.807, 2.05) is 20.8 Å². The second-order valence-corrected chi connectivity index (χ2v) is 7.75. The summed E-state index contributed by atoms with van der Waals surface area (Å²) in [5.74, 6) is -0.429. The Morgan fingerprint density at radius 2 is 1.58 bits per heavy atom. The highest BCUT2D eigenvalue weighted by atomic mass is 16.6. The molecule has 0 aliphatic carbocycles. The summed E-state index contributed by atoms with van der Waals surface area (Å²) in [4.78, 5) is 25.5. The second kappa shape index (κ2) is 7.11. The summed E-state index contributed by atoms with van der Waals surface area (Å²) in [6.45, 7) is 11.1. The predicted octanol–water partition coefficient (Wildman–Crippen LogP) is 3.59. The van der Waals surface area contributed by atoms with Gasteiger partial charge in [-0.15, -0.1) is 0 Å². The SMILES string of the molecule is CN(Cc1ccc(C(=O)OC(C)(C)C)cc1N)C(=O)OC(C)(C)C. The summed E-state index contributed by atoms with van der Waals surface area (Å²) in [7, 11) is 1.63. The zero-order valence-corrected chi connectivity index (χ0v) is 15.6. The number of benzene rings is 1. The molecule has 24 heavy (non-hydrogen) atoms. The molecule has 0 unspecified atom stereocenters. The van der Waals surface area contributed by atoms with Crippen LogP contribution in [0.4, 0.5) is 10.5 Å². The Morgan fingerprint density at radius 1 is 1.04 bits per heavy atom. The van der Waals surface area contributed by atoms with Crippen molar-refractivity contribution in [1.29, 1.82) is 0 Å². The van der Waals surface area contributed by atoms with Crippen molar-refractivity contribution in [3.05, 3.63) is 29.3 Å². The number of nitrogens with two attached hydrogens (primary N) is 1. The van der Waals surface area contributed by atoms with Crippen LogP contribution < -0.4 is 5.73 Å². The number of hydrogen-bond acceptors (Lipinski definition) is 5. The van der Waals surface area contributed by atoms with E-state index < -0.39 is 23.3 Å². The van der Waals surface area contributed by atoms with Crippen LogP contribution in [0.1, 0.15) is 57.5 Å². The van der Waals surface area contributed by atoms with E-state index in [9.17, 15) is 9.59 Å². The fourth-order valence-electron chi connectivity index (χ4n) is 1.86. The maximum atomic E-state index is 12.0. The Labute approximate surface area is 143 Å². The largest absolute Gasteiger partial charge is 0.456 e. The number of amides is 1. The molecular weight excluding hydrogens is 308 g/mol. The van der Waals surface area contributed by atoms with Crippen LogP contribution in [-0.2, 0) is 16.0 Å². The lowest BCUT2D eigenvalue weighted by Crippen LogP contribution is -2.34. The molecular formula is C18H28N2O4. The molecule has 0 fully saturated rings. The number of carbonyl (C=O) groups is 2. The summed E-state index contributed by atoms with van der Waals surface area (Å²) >= 11 is 0. The lowest BCUT2D eigenvalue weighted by Gasteiger charge is -2.25. The van der Waals surface area contributed by atoms with Gasteiger partial charge in [0.2, 0.25) is 0 Å². The first-order valence-electron chi connectivity index (χ1n) is 7.84. The average Bonchev–Trinajstić information content (AvgIpc) is 2.36. The zero-order chi connectivity index (χ0) is 18.7. The fourth-order valence-corrected chi connectivity index (χ4v) is 1.86. The Balaban J connectivity index is 2.82. The summed E-state index contributed by atoms with van der Waals surface area (Å²) in [5.41, 5.74) is 6.42. The van der Waals surface area contributed by atoms with E-state index in [2.05, 4.69) is 0 Å². The Morgan fingerprint density at radius 3 is 2.04 bits per heavy atom. The van der Waals surface area contributed by atoms with E-state index in [-0.39, 0.29) is 6.54 Å². The van der Waals surface area contributed by atoms with Crippen molar-refractivity contribution < 1.29 is 19.1 Å². The number of rotatable bonds is 3. The van der Waals surface area contributed by atoms with Crippen LogP contribution in [0.15, 0.2) is 18.2 Å². The summed E-state index contributed by atoms with van der Waals surface area (Å²) in [6.07, 6.45) is -0.432. The van der Waals surface area contributed by atoms with Crippen LogP contribution in [-0.4, -0.2) is 35.2 Å². The molecule has 1 aromatic carbocycles. The number of hydrogen-bond donors (Lipinski definition) is 1. The number of nitrogens with zero attached hydrogens (tertiary/aromatic N) is 1. The van der Waals surface area contributed by atoms with Gasteiger partial charge >= 0.3 is 12.1 Å². The van der Waals surface area contributed by atoms with Gasteiger partial charge in [-0.1, -0.05) is 6.07 Å². The second-order valence-electron chi connectivity index (χ2n) is 7.75. The maximum Gasteiger partial charge on any atom is 0.410 e. The van der Waals surface area contributed by atoms with Crippen LogP contribution in [0.3, 0.4) is 0 Å². The van der Waals surface area contributed by atoms with Gasteiger partial charge in [0.1, 0.15) is 11.2 Å². The van der Waals surface area contributed by atoms with Gasteiger partial charge in [-0.3, -0.25) is 0 Å². The number of anilines is 1. The Kier molecular flexibility index (Phi) is 5.87. The van der Waals surface area contributed by atoms with Crippen LogP contribution in [0, 0.1) is 0 Å². The monoisotopic (exact) mass is 336 g/mol. The first-order chi connectivity index (χ1) is 10.8. The van der Waals surface area contributed by atoms with Crippen molar-refractivity contribution in [3.63, 3.8) is 0 Å². The van der Waals surface area contributed by atoms with Gasteiger partial charge in [0, 0.05) is 12.7 Å². The van der Waals surface area contributed by atoms with E-state index in [0.29, 0.717) is 11.3 Å². The van der Waals surface area contributed by atoms with E-state index in [4.69, 9.17) is 15.2 Å². The fraction of sp³-hybridized carbons (Fsp3) is 0.556. The summed E-state index contributed by atoms with van der Waals surface area (Å²) < 4.78 is 10.6. The molecule has 0 saturated heterocycles. The maximum absolute atomic E-state index is 12.0. The molecule has 0 radical (unpaired) electrons. The summed E-state index contributed by atoms with van der Waals surface area (Å²) in [6, 6.07) is 4.92. The van der Waals surface area contributed by atoms with Crippen molar-refractivity contribution in [1.82, 2.24) is 4.90 Å². The molecule has 6 nitrogen and oxygen atoms in total. The van der Waals surface area contributed by atoms with Gasteiger partial charge < -0.3 is 20.1 Å². The number of esters is 1. The Bertz CT molecular complexity index is 612. The Hall–Kier alpha value is -2.24. The van der Waals surface area contributed by atoms with Crippen LogP contribution >= 0.6 is 0 Å². The van der Waals surface area contributed by atoms with E-state index in [1.54, 1.807) is 46.0 Å². The topological polar surface area (TPSA) is 81.9 Å². The van der Waals surface area contributed by atoms with Crippen LogP contribution in [0.5, 0.6) is 0 Å². The molecule has 1 aromatic rings. The third kappa shape index (κ3) is 6.48. The van der Waals surface area contributed by atoms with E-state index in [0.717, 1.165) is 5.56 Å². The van der Waals surface area contributed by atoms with Gasteiger partial charge in [0.25, 0.3) is 0 Å². The molecule has 0 atom stereocenters. The molecule has 0 spiro atoms. The number of nitrogen functional groups attached to an aromatic ring is 1.